The lowest BCUT2D eigenvalue weighted by Gasteiger charge is -2.10. The van der Waals surface area contributed by atoms with Gasteiger partial charge in [-0.2, -0.15) is 5.10 Å². The first-order chi connectivity index (χ1) is 12.0. The third-order valence-corrected chi connectivity index (χ3v) is 2.99. The van der Waals surface area contributed by atoms with E-state index in [1.54, 1.807) is 24.3 Å². The van der Waals surface area contributed by atoms with E-state index in [4.69, 9.17) is 25.4 Å². The Kier molecular flexibility index (Phi) is 5.99. The molecule has 0 unspecified atom stereocenters. The number of nitrogens with two attached hydrogens (primary N) is 2. The van der Waals surface area contributed by atoms with Gasteiger partial charge in [0.15, 0.2) is 11.5 Å². The predicted molar refractivity (Wildman–Crippen MR) is 90.8 cm³/mol. The highest BCUT2D eigenvalue weighted by atomic mass is 16.5. The molecule has 132 valence electrons. The smallest absolute Gasteiger partial charge is 0.373 e. The average molecular weight is 346 g/mol. The van der Waals surface area contributed by atoms with Gasteiger partial charge in [0.1, 0.15) is 12.4 Å². The van der Waals surface area contributed by atoms with Gasteiger partial charge in [-0.1, -0.05) is 0 Å². The number of guanidine groups is 1. The fourth-order valence-corrected chi connectivity index (χ4v) is 1.86. The molecule has 0 aliphatic rings. The standard InChI is InChI=1S/C16H18N4O5/c1-22-14-7-10(8-19-20-16(17)18)3-5-12(14)24-9-11-4-6-13(25-11)15(21)23-2/h3-8H,9H2,1-2H3,(H4,17,18,20)/b19-8-. The van der Waals surface area contributed by atoms with Gasteiger partial charge in [0.05, 0.1) is 20.4 Å². The molecule has 0 saturated carbocycles. The van der Waals surface area contributed by atoms with Crippen molar-refractivity contribution in [1.82, 2.24) is 0 Å². The van der Waals surface area contributed by atoms with E-state index in [2.05, 4.69) is 14.9 Å². The Morgan fingerprint density at radius 2 is 2.00 bits per heavy atom. The summed E-state index contributed by atoms with van der Waals surface area (Å²) >= 11 is 0. The van der Waals surface area contributed by atoms with Crippen LogP contribution in [0.5, 0.6) is 11.5 Å². The summed E-state index contributed by atoms with van der Waals surface area (Å²) in [4.78, 5) is 11.4. The molecule has 9 heteroatoms. The molecule has 0 radical (unpaired) electrons. The van der Waals surface area contributed by atoms with Gasteiger partial charge < -0.3 is 30.1 Å². The molecular formula is C16H18N4O5. The molecule has 1 heterocycles. The average Bonchev–Trinajstić information content (AvgIpc) is 3.08. The van der Waals surface area contributed by atoms with Crippen molar-refractivity contribution in [2.75, 3.05) is 14.2 Å². The molecule has 2 aromatic rings. The molecule has 0 spiro atoms. The Morgan fingerprint density at radius 1 is 1.20 bits per heavy atom. The van der Waals surface area contributed by atoms with Crippen molar-refractivity contribution < 1.29 is 23.4 Å². The van der Waals surface area contributed by atoms with Crippen molar-refractivity contribution in [2.45, 2.75) is 6.61 Å². The lowest BCUT2D eigenvalue weighted by molar-refractivity contribution is 0.0561. The van der Waals surface area contributed by atoms with E-state index >= 15 is 0 Å². The van der Waals surface area contributed by atoms with Gasteiger partial charge in [-0.25, -0.2) is 4.79 Å². The SMILES string of the molecule is COC(=O)c1ccc(COc2ccc(/C=N\N=C(N)N)cc2OC)o1. The van der Waals surface area contributed by atoms with Crippen molar-refractivity contribution in [2.24, 2.45) is 21.7 Å². The maximum atomic E-state index is 11.4. The lowest BCUT2D eigenvalue weighted by atomic mass is 10.2. The van der Waals surface area contributed by atoms with Crippen molar-refractivity contribution in [3.8, 4) is 11.5 Å². The lowest BCUT2D eigenvalue weighted by Crippen LogP contribution is -2.21. The molecule has 1 aromatic heterocycles. The summed E-state index contributed by atoms with van der Waals surface area (Å²) in [5, 5.41) is 7.24. The Balaban J connectivity index is 2.06. The first kappa shape index (κ1) is 17.9. The first-order valence-electron chi connectivity index (χ1n) is 7.13. The van der Waals surface area contributed by atoms with Gasteiger partial charge in [0, 0.05) is 0 Å². The van der Waals surface area contributed by atoms with Gasteiger partial charge in [-0.15, -0.1) is 5.10 Å². The van der Waals surface area contributed by atoms with E-state index in [9.17, 15) is 4.79 Å². The Bertz CT molecular complexity index is 794. The minimum Gasteiger partial charge on any atom is -0.493 e. The van der Waals surface area contributed by atoms with Crippen LogP contribution in [-0.2, 0) is 11.3 Å². The second-order valence-corrected chi connectivity index (χ2v) is 4.73. The largest absolute Gasteiger partial charge is 0.493 e. The summed E-state index contributed by atoms with van der Waals surface area (Å²) in [6.07, 6.45) is 1.47. The van der Waals surface area contributed by atoms with Crippen molar-refractivity contribution >= 4 is 18.1 Å². The van der Waals surface area contributed by atoms with E-state index in [1.165, 1.54) is 26.5 Å². The predicted octanol–water partition coefficient (Wildman–Crippen LogP) is 1.26. The van der Waals surface area contributed by atoms with Gasteiger partial charge >= 0.3 is 5.97 Å². The van der Waals surface area contributed by atoms with Crippen LogP contribution in [0.3, 0.4) is 0 Å². The fourth-order valence-electron chi connectivity index (χ4n) is 1.86. The monoisotopic (exact) mass is 346 g/mol. The maximum absolute atomic E-state index is 11.4. The summed E-state index contributed by atoms with van der Waals surface area (Å²) in [5.74, 6) is 0.896. The molecule has 0 amide bonds. The number of carbonyl (C=O) groups excluding carboxylic acids is 1. The molecule has 25 heavy (non-hydrogen) atoms. The molecule has 0 atom stereocenters. The topological polar surface area (TPSA) is 135 Å². The number of hydrogen-bond donors (Lipinski definition) is 2. The Morgan fingerprint density at radius 3 is 2.68 bits per heavy atom. The molecule has 0 bridgehead atoms. The molecule has 0 saturated heterocycles. The summed E-state index contributed by atoms with van der Waals surface area (Å²) < 4.78 is 20.9. The van der Waals surface area contributed by atoms with E-state index in [0.29, 0.717) is 17.3 Å². The summed E-state index contributed by atoms with van der Waals surface area (Å²) in [6.45, 7) is 0.120. The highest BCUT2D eigenvalue weighted by Crippen LogP contribution is 2.28. The fraction of sp³-hybridized carbons (Fsp3) is 0.188. The highest BCUT2D eigenvalue weighted by molar-refractivity contribution is 5.86. The summed E-state index contributed by atoms with van der Waals surface area (Å²) in [5.41, 5.74) is 11.1. The molecule has 4 N–H and O–H groups in total. The number of methoxy groups -OCH3 is 2. The zero-order valence-electron chi connectivity index (χ0n) is 13.8. The van der Waals surface area contributed by atoms with Crippen LogP contribution < -0.4 is 20.9 Å². The Labute approximate surface area is 143 Å². The summed E-state index contributed by atoms with van der Waals surface area (Å²) in [6, 6.07) is 8.33. The van der Waals surface area contributed by atoms with Gasteiger partial charge in [0.2, 0.25) is 11.7 Å². The zero-order valence-corrected chi connectivity index (χ0v) is 13.8. The van der Waals surface area contributed by atoms with Crippen LogP contribution in [0.4, 0.5) is 0 Å². The van der Waals surface area contributed by atoms with E-state index in [-0.39, 0.29) is 18.3 Å². The maximum Gasteiger partial charge on any atom is 0.373 e. The van der Waals surface area contributed by atoms with E-state index in [0.717, 1.165) is 5.56 Å². The van der Waals surface area contributed by atoms with Gasteiger partial charge in [0.25, 0.3) is 0 Å². The highest BCUT2D eigenvalue weighted by Gasteiger charge is 2.12. The zero-order chi connectivity index (χ0) is 18.2. The number of ether oxygens (including phenoxy) is 3. The van der Waals surface area contributed by atoms with Crippen LogP contribution in [-0.4, -0.2) is 32.4 Å². The molecule has 9 nitrogen and oxygen atoms in total. The minimum absolute atomic E-state index is 0.111. The van der Waals surface area contributed by atoms with Gasteiger partial charge in [-0.05, 0) is 35.9 Å². The number of nitrogens with zero attached hydrogens (tertiary/aromatic N) is 2. The molecule has 0 aliphatic heterocycles. The molecule has 0 fully saturated rings. The normalized spacial score (nSPS) is 10.5. The van der Waals surface area contributed by atoms with Crippen molar-refractivity contribution in [1.29, 1.82) is 0 Å². The van der Waals surface area contributed by atoms with Crippen molar-refractivity contribution in [3.05, 3.63) is 47.4 Å². The summed E-state index contributed by atoms with van der Waals surface area (Å²) in [7, 11) is 2.80. The number of benzene rings is 1. The van der Waals surface area contributed by atoms with Gasteiger partial charge in [-0.3, -0.25) is 0 Å². The third-order valence-electron chi connectivity index (χ3n) is 2.99. The number of esters is 1. The van der Waals surface area contributed by atoms with Crippen LogP contribution in [0.2, 0.25) is 0 Å². The Hall–Kier alpha value is -3.49. The molecule has 0 aliphatic carbocycles. The second-order valence-electron chi connectivity index (χ2n) is 4.73. The van der Waals surface area contributed by atoms with Crippen molar-refractivity contribution in [3.63, 3.8) is 0 Å². The molecule has 2 rings (SSSR count). The van der Waals surface area contributed by atoms with Crippen LogP contribution in [0.1, 0.15) is 21.9 Å². The first-order valence-corrected chi connectivity index (χ1v) is 7.13. The van der Waals surface area contributed by atoms with E-state index in [1.807, 2.05) is 0 Å². The number of rotatable bonds is 7. The number of furan rings is 1. The second kappa shape index (κ2) is 8.39. The van der Waals surface area contributed by atoms with E-state index < -0.39 is 5.97 Å². The number of hydrogen-bond acceptors (Lipinski definition) is 7. The van der Waals surface area contributed by atoms with Crippen LogP contribution in [0, 0.1) is 0 Å². The van der Waals surface area contributed by atoms with Crippen LogP contribution in [0.25, 0.3) is 0 Å². The van der Waals surface area contributed by atoms with Crippen LogP contribution in [0.15, 0.2) is 45.0 Å². The minimum atomic E-state index is -0.548. The molecular weight excluding hydrogens is 328 g/mol. The quantitative estimate of drug-likeness (QED) is 0.333. The molecule has 1 aromatic carbocycles. The van der Waals surface area contributed by atoms with Crippen LogP contribution >= 0.6 is 0 Å². The third kappa shape index (κ3) is 4.99. The number of carbonyl (C=O) groups is 1.